The summed E-state index contributed by atoms with van der Waals surface area (Å²) >= 11 is 0. The number of hydrogen-bond acceptors (Lipinski definition) is 6. The van der Waals surface area contributed by atoms with E-state index in [0.717, 1.165) is 116 Å². The molecule has 0 saturated heterocycles. The Balaban J connectivity index is 4.47. The molecule has 364 valence electrons. The van der Waals surface area contributed by atoms with Crippen LogP contribution in [-0.4, -0.2) is 37.2 Å². The highest BCUT2D eigenvalue weighted by atomic mass is 16.6. The van der Waals surface area contributed by atoms with Gasteiger partial charge in [0.2, 0.25) is 0 Å². The first-order valence-electron chi connectivity index (χ1n) is 26.2. The molecule has 1 atom stereocenters. The molecule has 64 heavy (non-hydrogen) atoms. The van der Waals surface area contributed by atoms with Gasteiger partial charge in [0.05, 0.1) is 0 Å². The summed E-state index contributed by atoms with van der Waals surface area (Å²) in [6.07, 6.45) is 68.2. The topological polar surface area (TPSA) is 78.9 Å². The molecule has 6 nitrogen and oxygen atoms in total. The number of unbranched alkanes of at least 4 members (excludes halogenated alkanes) is 19. The van der Waals surface area contributed by atoms with Gasteiger partial charge in [-0.05, 0) is 96.3 Å². The van der Waals surface area contributed by atoms with Gasteiger partial charge in [-0.15, -0.1) is 0 Å². The van der Waals surface area contributed by atoms with E-state index in [4.69, 9.17) is 14.2 Å². The van der Waals surface area contributed by atoms with Crippen LogP contribution in [0.3, 0.4) is 0 Å². The van der Waals surface area contributed by atoms with Crippen LogP contribution in [0.5, 0.6) is 0 Å². The Kier molecular flexibility index (Phi) is 49.0. The van der Waals surface area contributed by atoms with E-state index in [0.29, 0.717) is 19.3 Å². The van der Waals surface area contributed by atoms with E-state index >= 15 is 0 Å². The first kappa shape index (κ1) is 60.3. The van der Waals surface area contributed by atoms with Crippen molar-refractivity contribution in [2.45, 2.75) is 239 Å². The molecule has 6 heteroatoms. The van der Waals surface area contributed by atoms with Gasteiger partial charge in [-0.1, -0.05) is 214 Å². The van der Waals surface area contributed by atoms with Gasteiger partial charge in [0.25, 0.3) is 0 Å². The average molecular weight is 889 g/mol. The van der Waals surface area contributed by atoms with Crippen molar-refractivity contribution in [3.05, 3.63) is 97.2 Å². The lowest BCUT2D eigenvalue weighted by atomic mass is 10.0. The highest BCUT2D eigenvalue weighted by Gasteiger charge is 2.19. The smallest absolute Gasteiger partial charge is 0.306 e. The van der Waals surface area contributed by atoms with Crippen LogP contribution >= 0.6 is 0 Å². The zero-order chi connectivity index (χ0) is 46.5. The number of carbonyl (C=O) groups excluding carboxylic acids is 3. The van der Waals surface area contributed by atoms with E-state index in [1.807, 2.05) is 0 Å². The predicted octanol–water partition coefficient (Wildman–Crippen LogP) is 17.4. The molecule has 0 aromatic carbocycles. The van der Waals surface area contributed by atoms with Crippen molar-refractivity contribution >= 4 is 17.9 Å². The molecule has 0 N–H and O–H groups in total. The lowest BCUT2D eigenvalue weighted by Crippen LogP contribution is -2.30. The first-order chi connectivity index (χ1) is 31.5. The molecule has 0 spiro atoms. The third-order valence-electron chi connectivity index (χ3n) is 10.8. The summed E-state index contributed by atoms with van der Waals surface area (Å²) in [5.74, 6) is -0.975. The molecule has 0 saturated carbocycles. The van der Waals surface area contributed by atoms with E-state index in [1.54, 1.807) is 0 Å². The fraction of sp³-hybridized carbons (Fsp3) is 0.672. The van der Waals surface area contributed by atoms with Gasteiger partial charge < -0.3 is 14.2 Å². The van der Waals surface area contributed by atoms with E-state index in [-0.39, 0.29) is 31.1 Å². The molecule has 0 aliphatic carbocycles. The molecule has 0 bridgehead atoms. The van der Waals surface area contributed by atoms with Crippen molar-refractivity contribution in [1.82, 2.24) is 0 Å². The normalized spacial score (nSPS) is 12.9. The van der Waals surface area contributed by atoms with Gasteiger partial charge in [-0.2, -0.15) is 0 Å². The lowest BCUT2D eigenvalue weighted by Gasteiger charge is -2.18. The van der Waals surface area contributed by atoms with Crippen LogP contribution in [0.25, 0.3) is 0 Å². The van der Waals surface area contributed by atoms with Gasteiger partial charge in [0, 0.05) is 19.3 Å². The summed E-state index contributed by atoms with van der Waals surface area (Å²) in [4.78, 5) is 38.0. The van der Waals surface area contributed by atoms with E-state index in [1.165, 1.54) is 77.0 Å². The molecular weight excluding hydrogens is 793 g/mol. The van der Waals surface area contributed by atoms with Crippen LogP contribution in [0.2, 0.25) is 0 Å². The standard InChI is InChI=1S/C58H96O6/c1-4-7-10-13-16-19-22-25-27-28-29-30-32-33-36-39-42-45-48-51-57(60)63-54-55(53-62-56(59)50-47-44-41-38-35-24-21-18-15-12-9-6-3)64-58(61)52-49-46-43-40-37-34-31-26-23-20-17-14-11-8-5-2/h7,9-10,12,16,18-19,21,25,27,29-30,33,35-36,38,55H,4-6,8,11,13-15,17,20,22-24,26,28,31-32,34,37,39-54H2,1-3H3/b10-7-,12-9-,19-16-,21-18-,27-25-,30-29-,36-33-,38-35-. The summed E-state index contributed by atoms with van der Waals surface area (Å²) < 4.78 is 16.7. The molecule has 0 heterocycles. The number of rotatable bonds is 46. The molecule has 0 aliphatic rings. The van der Waals surface area contributed by atoms with E-state index in [2.05, 4.69) is 118 Å². The molecule has 0 aliphatic heterocycles. The molecule has 0 aromatic heterocycles. The summed E-state index contributed by atoms with van der Waals surface area (Å²) in [5, 5.41) is 0. The van der Waals surface area contributed by atoms with Crippen molar-refractivity contribution in [3.63, 3.8) is 0 Å². The molecule has 1 unspecified atom stereocenters. The third kappa shape index (κ3) is 49.3. The van der Waals surface area contributed by atoms with E-state index in [9.17, 15) is 14.4 Å². The van der Waals surface area contributed by atoms with Crippen LogP contribution in [0.4, 0.5) is 0 Å². The Morgan fingerprint density at radius 1 is 0.328 bits per heavy atom. The monoisotopic (exact) mass is 889 g/mol. The van der Waals surface area contributed by atoms with Gasteiger partial charge >= 0.3 is 17.9 Å². The van der Waals surface area contributed by atoms with Gasteiger partial charge in [0.15, 0.2) is 6.10 Å². The van der Waals surface area contributed by atoms with Crippen molar-refractivity contribution in [1.29, 1.82) is 0 Å². The van der Waals surface area contributed by atoms with E-state index < -0.39 is 6.10 Å². The van der Waals surface area contributed by atoms with Gasteiger partial charge in [-0.3, -0.25) is 14.4 Å². The third-order valence-corrected chi connectivity index (χ3v) is 10.8. The molecule has 0 aromatic rings. The molecular formula is C58H96O6. The second kappa shape index (κ2) is 52.0. The zero-order valence-corrected chi connectivity index (χ0v) is 41.5. The molecule has 0 amide bonds. The van der Waals surface area contributed by atoms with Crippen LogP contribution < -0.4 is 0 Å². The zero-order valence-electron chi connectivity index (χ0n) is 41.5. The summed E-state index contributed by atoms with van der Waals surface area (Å²) in [5.41, 5.74) is 0. The quantitative estimate of drug-likeness (QED) is 0.0262. The van der Waals surface area contributed by atoms with Crippen molar-refractivity contribution in [2.24, 2.45) is 0 Å². The largest absolute Gasteiger partial charge is 0.462 e. The Bertz CT molecular complexity index is 1300. The van der Waals surface area contributed by atoms with Crippen molar-refractivity contribution in [3.8, 4) is 0 Å². The highest BCUT2D eigenvalue weighted by molar-refractivity contribution is 5.71. The summed E-state index contributed by atoms with van der Waals surface area (Å²) in [6, 6.07) is 0. The van der Waals surface area contributed by atoms with Crippen LogP contribution in [-0.2, 0) is 28.6 Å². The second-order valence-electron chi connectivity index (χ2n) is 17.0. The molecule has 0 rings (SSSR count). The number of ether oxygens (including phenoxy) is 3. The SMILES string of the molecule is CC/C=C\C/C=C\C/C=C\C/C=C\C/C=C\CCCCCC(=O)OCC(COC(=O)CCCC/C=C\C/C=C\C/C=C\CC)OC(=O)CCCCCCCCCCCCCCCCC. The van der Waals surface area contributed by atoms with Gasteiger partial charge in [0.1, 0.15) is 13.2 Å². The summed E-state index contributed by atoms with van der Waals surface area (Å²) in [7, 11) is 0. The lowest BCUT2D eigenvalue weighted by molar-refractivity contribution is -0.167. The van der Waals surface area contributed by atoms with Crippen LogP contribution in [0.1, 0.15) is 233 Å². The molecule has 0 fully saturated rings. The Hall–Kier alpha value is -3.67. The fourth-order valence-corrected chi connectivity index (χ4v) is 6.95. The van der Waals surface area contributed by atoms with Crippen LogP contribution in [0, 0.1) is 0 Å². The predicted molar refractivity (Wildman–Crippen MR) is 274 cm³/mol. The minimum atomic E-state index is -0.805. The maximum Gasteiger partial charge on any atom is 0.306 e. The minimum Gasteiger partial charge on any atom is -0.462 e. The maximum absolute atomic E-state index is 12.8. The Labute approximate surface area is 394 Å². The second-order valence-corrected chi connectivity index (χ2v) is 17.0. The number of hydrogen-bond donors (Lipinski definition) is 0. The number of esters is 3. The van der Waals surface area contributed by atoms with Crippen molar-refractivity contribution < 1.29 is 28.6 Å². The number of allylic oxidation sites excluding steroid dienone is 16. The Morgan fingerprint density at radius 3 is 0.984 bits per heavy atom. The number of carbonyl (C=O) groups is 3. The minimum absolute atomic E-state index is 0.106. The van der Waals surface area contributed by atoms with Crippen LogP contribution in [0.15, 0.2) is 97.2 Å². The Morgan fingerprint density at radius 2 is 0.609 bits per heavy atom. The van der Waals surface area contributed by atoms with Crippen molar-refractivity contribution in [2.75, 3.05) is 13.2 Å². The van der Waals surface area contributed by atoms with Gasteiger partial charge in [-0.25, -0.2) is 0 Å². The summed E-state index contributed by atoms with van der Waals surface area (Å²) in [6.45, 7) is 6.34. The fourth-order valence-electron chi connectivity index (χ4n) is 6.95. The molecule has 0 radical (unpaired) electrons. The average Bonchev–Trinajstić information content (AvgIpc) is 3.29. The first-order valence-corrected chi connectivity index (χ1v) is 26.2. The highest BCUT2D eigenvalue weighted by Crippen LogP contribution is 2.15. The maximum atomic E-state index is 12.8.